The molecule has 1 fully saturated rings. The molecule has 168 valence electrons. The lowest BCUT2D eigenvalue weighted by molar-refractivity contribution is -0.128. The summed E-state index contributed by atoms with van der Waals surface area (Å²) < 4.78 is 5.92. The molecule has 1 rings (SSSR count). The number of nitrogens with two attached hydrogens (primary N) is 1. The molecule has 0 bridgehead atoms. The first kappa shape index (κ1) is 26.2. The van der Waals surface area contributed by atoms with Gasteiger partial charge in [0.05, 0.1) is 6.04 Å². The fourth-order valence-electron chi connectivity index (χ4n) is 3.88. The van der Waals surface area contributed by atoms with E-state index in [1.807, 2.05) is 20.8 Å². The fourth-order valence-corrected chi connectivity index (χ4v) is 3.88. The average Bonchev–Trinajstić information content (AvgIpc) is 2.77. The number of hydrogen-bond donors (Lipinski definition) is 2. The van der Waals surface area contributed by atoms with Gasteiger partial charge >= 0.3 is 7.48 Å². The molecule has 3 N–H and O–H groups in total. The minimum Gasteiger partial charge on any atom is -0.427 e. The van der Waals surface area contributed by atoms with Crippen LogP contribution in [0.5, 0.6) is 0 Å². The van der Waals surface area contributed by atoms with E-state index in [0.29, 0.717) is 13.0 Å². The average molecular weight is 408 g/mol. The van der Waals surface area contributed by atoms with Crippen molar-refractivity contribution in [1.82, 2.24) is 5.32 Å². The van der Waals surface area contributed by atoms with Gasteiger partial charge in [0, 0.05) is 18.1 Å². The molecule has 1 atom stereocenters. The number of hydrogen-bond acceptors (Lipinski definition) is 4. The molecule has 0 radical (unpaired) electrons. The van der Waals surface area contributed by atoms with Gasteiger partial charge in [0.25, 0.3) is 0 Å². The van der Waals surface area contributed by atoms with Gasteiger partial charge < -0.3 is 15.7 Å². The van der Waals surface area contributed by atoms with E-state index >= 15 is 0 Å². The van der Waals surface area contributed by atoms with Gasteiger partial charge in [-0.25, -0.2) is 0 Å². The van der Waals surface area contributed by atoms with E-state index in [0.717, 1.165) is 32.1 Å². The van der Waals surface area contributed by atoms with Crippen LogP contribution in [0.15, 0.2) is 0 Å². The van der Waals surface area contributed by atoms with Gasteiger partial charge in [-0.15, -0.1) is 0 Å². The van der Waals surface area contributed by atoms with Crippen LogP contribution in [0.2, 0.25) is 0 Å². The van der Waals surface area contributed by atoms with Crippen molar-refractivity contribution in [3.8, 4) is 0 Å². The van der Waals surface area contributed by atoms with Gasteiger partial charge in [0.15, 0.2) is 5.78 Å². The van der Waals surface area contributed by atoms with Crippen molar-refractivity contribution in [3.63, 3.8) is 0 Å². The molecular formula is C23H45BN2O3. The Labute approximate surface area is 179 Å². The Morgan fingerprint density at radius 3 is 2.14 bits per heavy atom. The molecule has 0 aromatic rings. The van der Waals surface area contributed by atoms with Crippen LogP contribution in [-0.4, -0.2) is 37.8 Å². The van der Waals surface area contributed by atoms with Crippen LogP contribution in [0, 0.1) is 5.41 Å². The summed E-state index contributed by atoms with van der Waals surface area (Å²) in [6, 6.07) is -0.402. The Bertz CT molecular complexity index is 459. The van der Waals surface area contributed by atoms with E-state index in [2.05, 4.69) is 5.32 Å². The van der Waals surface area contributed by atoms with Crippen molar-refractivity contribution in [3.05, 3.63) is 0 Å². The Kier molecular flexibility index (Phi) is 13.5. The first-order chi connectivity index (χ1) is 13.9. The third-order valence-corrected chi connectivity index (χ3v) is 6.40. The van der Waals surface area contributed by atoms with E-state index in [-0.39, 0.29) is 30.6 Å². The second-order valence-corrected chi connectivity index (χ2v) is 9.39. The second-order valence-electron chi connectivity index (χ2n) is 9.39. The zero-order chi connectivity index (χ0) is 21.5. The molecule has 29 heavy (non-hydrogen) atoms. The van der Waals surface area contributed by atoms with Gasteiger partial charge in [-0.3, -0.25) is 9.59 Å². The lowest BCUT2D eigenvalue weighted by atomic mass is 9.81. The van der Waals surface area contributed by atoms with E-state index in [9.17, 15) is 9.59 Å². The van der Waals surface area contributed by atoms with Gasteiger partial charge in [-0.2, -0.15) is 0 Å². The number of carbonyl (C=O) groups is 2. The third-order valence-electron chi connectivity index (χ3n) is 6.40. The normalized spacial score (nSPS) is 18.5. The monoisotopic (exact) mass is 408 g/mol. The second kappa shape index (κ2) is 15.0. The van der Waals surface area contributed by atoms with Crippen LogP contribution in [0.4, 0.5) is 4.79 Å². The van der Waals surface area contributed by atoms with Crippen molar-refractivity contribution >= 4 is 19.1 Å². The minimum absolute atomic E-state index is 0.0354. The highest BCUT2D eigenvalue weighted by Crippen LogP contribution is 2.23. The Morgan fingerprint density at radius 1 is 1.03 bits per heavy atom. The number of ketones is 1. The van der Waals surface area contributed by atoms with E-state index in [1.54, 1.807) is 0 Å². The van der Waals surface area contributed by atoms with Gasteiger partial charge in [-0.1, -0.05) is 72.1 Å². The maximum atomic E-state index is 12.3. The summed E-state index contributed by atoms with van der Waals surface area (Å²) >= 11 is 0. The molecule has 1 aliphatic carbocycles. The van der Waals surface area contributed by atoms with Gasteiger partial charge in [0.2, 0.25) is 5.81 Å². The van der Waals surface area contributed by atoms with Crippen LogP contribution >= 0.6 is 0 Å². The van der Waals surface area contributed by atoms with Crippen molar-refractivity contribution in [1.29, 1.82) is 0 Å². The molecule has 0 spiro atoms. The minimum atomic E-state index is -0.402. The highest BCUT2D eigenvalue weighted by molar-refractivity contribution is 6.68. The van der Waals surface area contributed by atoms with Gasteiger partial charge in [-0.05, 0) is 38.5 Å². The summed E-state index contributed by atoms with van der Waals surface area (Å²) in [4.78, 5) is 24.4. The predicted molar refractivity (Wildman–Crippen MR) is 122 cm³/mol. The van der Waals surface area contributed by atoms with Crippen LogP contribution in [0.3, 0.4) is 0 Å². The van der Waals surface area contributed by atoms with E-state index in [1.165, 1.54) is 51.4 Å². The Morgan fingerprint density at radius 2 is 1.59 bits per heavy atom. The highest BCUT2D eigenvalue weighted by Gasteiger charge is 2.29. The zero-order valence-corrected chi connectivity index (χ0v) is 19.3. The predicted octanol–water partition coefficient (Wildman–Crippen LogP) is 4.85. The maximum absolute atomic E-state index is 12.3. The van der Waals surface area contributed by atoms with Gasteiger partial charge in [0.1, 0.15) is 0 Å². The molecule has 5 nitrogen and oxygen atoms in total. The summed E-state index contributed by atoms with van der Waals surface area (Å²) in [5.74, 6) is 0.102. The summed E-state index contributed by atoms with van der Waals surface area (Å²) in [5.41, 5.74) is 5.70. The summed E-state index contributed by atoms with van der Waals surface area (Å²) in [7, 11) is 0.160. The number of rotatable bonds is 11. The fraction of sp³-hybridized carbons (Fsp3) is 0.913. The van der Waals surface area contributed by atoms with Crippen LogP contribution in [0.25, 0.3) is 0 Å². The Balaban J connectivity index is 2.15. The van der Waals surface area contributed by atoms with E-state index in [4.69, 9.17) is 10.4 Å². The topological polar surface area (TPSA) is 81.4 Å². The SMILES string of the molecule is CCC(C)(C)C(=O)C(N)CCCCNC(=O)BOC1CCCCCCCCCC1. The molecule has 0 aromatic carbocycles. The lowest BCUT2D eigenvalue weighted by Crippen LogP contribution is -2.40. The molecule has 0 aromatic heterocycles. The quantitative estimate of drug-likeness (QED) is 0.378. The Hall–Kier alpha value is -0.875. The smallest absolute Gasteiger partial charge is 0.380 e. The summed E-state index contributed by atoms with van der Waals surface area (Å²) in [6.07, 6.45) is 15.9. The van der Waals surface area contributed by atoms with Crippen molar-refractivity contribution in [2.75, 3.05) is 6.54 Å². The molecule has 0 aliphatic heterocycles. The first-order valence-corrected chi connectivity index (χ1v) is 12.0. The molecule has 0 saturated heterocycles. The molecule has 6 heteroatoms. The molecule has 1 saturated carbocycles. The molecule has 1 aliphatic rings. The molecule has 0 heterocycles. The molecular weight excluding hydrogens is 363 g/mol. The summed E-state index contributed by atoms with van der Waals surface area (Å²) in [6.45, 7) is 6.54. The van der Waals surface area contributed by atoms with Crippen LogP contribution in [-0.2, 0) is 9.45 Å². The number of nitrogens with one attached hydrogen (secondary N) is 1. The van der Waals surface area contributed by atoms with Crippen molar-refractivity contribution in [2.45, 2.75) is 123 Å². The van der Waals surface area contributed by atoms with Crippen LogP contribution < -0.4 is 11.1 Å². The zero-order valence-electron chi connectivity index (χ0n) is 19.3. The highest BCUT2D eigenvalue weighted by atomic mass is 16.4. The molecule has 1 amide bonds. The largest absolute Gasteiger partial charge is 0.427 e. The van der Waals surface area contributed by atoms with Crippen LogP contribution in [0.1, 0.15) is 111 Å². The first-order valence-electron chi connectivity index (χ1n) is 12.0. The van der Waals surface area contributed by atoms with Crippen molar-refractivity contribution < 1.29 is 14.2 Å². The maximum Gasteiger partial charge on any atom is 0.380 e. The molecule has 1 unspecified atom stereocenters. The number of carbonyl (C=O) groups excluding carboxylic acids is 2. The standard InChI is InChI=1S/C23H45BN2O3/c1-4-23(2,3)21(27)20(25)17-13-14-18-26-22(28)24-29-19-15-11-9-7-5-6-8-10-12-16-19/h19-20,24H,4-18,25H2,1-3H3,(H,26,28). The third kappa shape index (κ3) is 11.8. The van der Waals surface area contributed by atoms with E-state index < -0.39 is 6.04 Å². The lowest BCUT2D eigenvalue weighted by Gasteiger charge is -2.24. The number of amides is 1. The number of unbranched alkanes of at least 4 members (excludes halogenated alkanes) is 1. The summed E-state index contributed by atoms with van der Waals surface area (Å²) in [5, 5.41) is 2.94. The number of Topliss-reactive ketones (excluding diaryl/α,β-unsaturated/α-hetero) is 1. The van der Waals surface area contributed by atoms with Crippen molar-refractivity contribution in [2.24, 2.45) is 11.1 Å².